The molecule has 0 aromatic carbocycles. The van der Waals surface area contributed by atoms with Crippen molar-refractivity contribution in [1.29, 1.82) is 0 Å². The zero-order valence-electron chi connectivity index (χ0n) is 13.0. The maximum Gasteiger partial charge on any atom is 0.433 e. The van der Waals surface area contributed by atoms with Crippen LogP contribution in [0.5, 0.6) is 0 Å². The molecule has 0 aliphatic rings. The van der Waals surface area contributed by atoms with E-state index < -0.39 is 0 Å². The van der Waals surface area contributed by atoms with Gasteiger partial charge in [0, 0.05) is 0 Å². The lowest BCUT2D eigenvalue weighted by Crippen LogP contribution is -2.33. The molecule has 4 nitrogen and oxygen atoms in total. The molecule has 0 spiro atoms. The Morgan fingerprint density at radius 2 is 1.53 bits per heavy atom. The summed E-state index contributed by atoms with van der Waals surface area (Å²) in [6.07, 6.45) is 8.73. The largest absolute Gasteiger partial charge is 0.448 e. The van der Waals surface area contributed by atoms with Gasteiger partial charge in [0.25, 0.3) is 0 Å². The van der Waals surface area contributed by atoms with Gasteiger partial charge in [-0.15, -0.1) is 0 Å². The molecule has 0 atom stereocenters. The van der Waals surface area contributed by atoms with Crippen molar-refractivity contribution in [2.24, 2.45) is 0 Å². The van der Waals surface area contributed by atoms with Crippen LogP contribution in [0.25, 0.3) is 0 Å². The fourth-order valence-electron chi connectivity index (χ4n) is 1.79. The molecule has 0 heterocycles. The molecule has 0 unspecified atom stereocenters. The Morgan fingerprint density at radius 3 is 2.11 bits per heavy atom. The highest BCUT2D eigenvalue weighted by Gasteiger charge is 2.14. The number of carbonyl (C=O) groups is 1. The Labute approximate surface area is 118 Å². The van der Waals surface area contributed by atoms with E-state index >= 15 is 0 Å². The second-order valence-corrected chi connectivity index (χ2v) is 4.76. The van der Waals surface area contributed by atoms with Gasteiger partial charge in [-0.25, -0.2) is 4.79 Å². The number of ether oxygens (including phenoxy) is 1. The number of hydrogen-bond acceptors (Lipinski definition) is 3. The van der Waals surface area contributed by atoms with E-state index in [4.69, 9.17) is 9.57 Å². The number of amides is 1. The van der Waals surface area contributed by atoms with Crippen molar-refractivity contribution in [2.75, 3.05) is 19.8 Å². The quantitative estimate of drug-likeness (QED) is 0.387. The number of carbonyl (C=O) groups excluding carboxylic acids is 1. The molecule has 0 aromatic rings. The summed E-state index contributed by atoms with van der Waals surface area (Å²) >= 11 is 0. The molecule has 0 radical (unpaired) electrons. The van der Waals surface area contributed by atoms with Gasteiger partial charge in [-0.2, -0.15) is 5.06 Å². The molecule has 114 valence electrons. The van der Waals surface area contributed by atoms with E-state index in [1.807, 2.05) is 6.92 Å². The smallest absolute Gasteiger partial charge is 0.433 e. The van der Waals surface area contributed by atoms with Gasteiger partial charge in [-0.3, -0.25) is 4.84 Å². The summed E-state index contributed by atoms with van der Waals surface area (Å²) in [7, 11) is 0. The Kier molecular flexibility index (Phi) is 13.1. The van der Waals surface area contributed by atoms with Crippen LogP contribution < -0.4 is 0 Å². The first-order valence-electron chi connectivity index (χ1n) is 7.83. The standard InChI is InChI=1S/C15H31NO3/c1-4-7-9-11-13-16(15(17)18-6-3)19-14-12-10-8-5-2/h4-14H2,1-3H3. The van der Waals surface area contributed by atoms with Gasteiger partial charge < -0.3 is 4.74 Å². The highest BCUT2D eigenvalue weighted by Crippen LogP contribution is 2.06. The summed E-state index contributed by atoms with van der Waals surface area (Å²) < 4.78 is 5.00. The monoisotopic (exact) mass is 273 g/mol. The third-order valence-electron chi connectivity index (χ3n) is 2.93. The minimum absolute atomic E-state index is 0.352. The van der Waals surface area contributed by atoms with E-state index in [9.17, 15) is 4.79 Å². The van der Waals surface area contributed by atoms with Crippen molar-refractivity contribution in [3.8, 4) is 0 Å². The number of rotatable bonds is 12. The van der Waals surface area contributed by atoms with E-state index in [1.165, 1.54) is 30.7 Å². The highest BCUT2D eigenvalue weighted by atomic mass is 16.7. The van der Waals surface area contributed by atoms with Crippen molar-refractivity contribution in [2.45, 2.75) is 72.1 Å². The lowest BCUT2D eigenvalue weighted by Gasteiger charge is -2.21. The Morgan fingerprint density at radius 1 is 0.895 bits per heavy atom. The van der Waals surface area contributed by atoms with Gasteiger partial charge in [-0.05, 0) is 19.8 Å². The predicted octanol–water partition coefficient (Wildman–Crippen LogP) is 4.54. The molecule has 0 bridgehead atoms. The van der Waals surface area contributed by atoms with Crippen LogP contribution in [-0.4, -0.2) is 30.9 Å². The van der Waals surface area contributed by atoms with Gasteiger partial charge in [-0.1, -0.05) is 52.4 Å². The molecular formula is C15H31NO3. The van der Waals surface area contributed by atoms with Crippen LogP contribution in [0.15, 0.2) is 0 Å². The molecular weight excluding hydrogens is 242 g/mol. The number of hydroxylamine groups is 2. The lowest BCUT2D eigenvalue weighted by atomic mass is 10.2. The van der Waals surface area contributed by atoms with Crippen molar-refractivity contribution in [3.63, 3.8) is 0 Å². The van der Waals surface area contributed by atoms with Crippen LogP contribution in [0, 0.1) is 0 Å². The minimum Gasteiger partial charge on any atom is -0.448 e. The Balaban J connectivity index is 3.86. The first-order chi connectivity index (χ1) is 9.26. The SMILES string of the molecule is CCCCCCON(CCCCCC)C(=O)OCC. The van der Waals surface area contributed by atoms with Crippen molar-refractivity contribution in [3.05, 3.63) is 0 Å². The molecule has 4 heteroatoms. The average molecular weight is 273 g/mol. The normalized spacial score (nSPS) is 10.5. The highest BCUT2D eigenvalue weighted by molar-refractivity contribution is 5.66. The fraction of sp³-hybridized carbons (Fsp3) is 0.933. The molecule has 0 aromatic heterocycles. The van der Waals surface area contributed by atoms with Gasteiger partial charge in [0.15, 0.2) is 0 Å². The summed E-state index contributed by atoms with van der Waals surface area (Å²) in [6, 6.07) is 0. The van der Waals surface area contributed by atoms with E-state index in [-0.39, 0.29) is 6.09 Å². The number of unbranched alkanes of at least 4 members (excludes halogenated alkanes) is 6. The molecule has 0 saturated carbocycles. The predicted molar refractivity (Wildman–Crippen MR) is 78.0 cm³/mol. The van der Waals surface area contributed by atoms with Crippen LogP contribution in [0.4, 0.5) is 4.79 Å². The molecule has 0 rings (SSSR count). The van der Waals surface area contributed by atoms with Crippen LogP contribution in [0.3, 0.4) is 0 Å². The molecule has 0 saturated heterocycles. The Hall–Kier alpha value is -0.770. The van der Waals surface area contributed by atoms with Crippen LogP contribution >= 0.6 is 0 Å². The number of nitrogens with zero attached hydrogens (tertiary/aromatic N) is 1. The van der Waals surface area contributed by atoms with Crippen LogP contribution in [0.1, 0.15) is 72.1 Å². The molecule has 1 amide bonds. The third kappa shape index (κ3) is 10.8. The summed E-state index contributed by atoms with van der Waals surface area (Å²) in [6.45, 7) is 7.80. The fourth-order valence-corrected chi connectivity index (χ4v) is 1.79. The van der Waals surface area contributed by atoms with Gasteiger partial charge in [0.05, 0.1) is 19.8 Å². The second kappa shape index (κ2) is 13.7. The summed E-state index contributed by atoms with van der Waals surface area (Å²) in [5.41, 5.74) is 0. The van der Waals surface area contributed by atoms with Gasteiger partial charge in [0.1, 0.15) is 0 Å². The Bertz CT molecular complexity index is 210. The third-order valence-corrected chi connectivity index (χ3v) is 2.93. The van der Waals surface area contributed by atoms with E-state index in [0.29, 0.717) is 19.8 Å². The van der Waals surface area contributed by atoms with E-state index in [2.05, 4.69) is 13.8 Å². The van der Waals surface area contributed by atoms with Crippen LogP contribution in [-0.2, 0) is 9.57 Å². The molecule has 0 fully saturated rings. The second-order valence-electron chi connectivity index (χ2n) is 4.76. The summed E-state index contributed by atoms with van der Waals surface area (Å²) in [4.78, 5) is 17.2. The molecule has 19 heavy (non-hydrogen) atoms. The molecule has 0 aliphatic heterocycles. The maximum absolute atomic E-state index is 11.7. The van der Waals surface area contributed by atoms with Gasteiger partial charge >= 0.3 is 6.09 Å². The van der Waals surface area contributed by atoms with Crippen molar-refractivity contribution in [1.82, 2.24) is 5.06 Å². The summed E-state index contributed by atoms with van der Waals surface area (Å²) in [5, 5.41) is 1.39. The zero-order valence-corrected chi connectivity index (χ0v) is 13.0. The first kappa shape index (κ1) is 18.2. The van der Waals surface area contributed by atoms with E-state index in [0.717, 1.165) is 25.7 Å². The van der Waals surface area contributed by atoms with Crippen molar-refractivity contribution >= 4 is 6.09 Å². The lowest BCUT2D eigenvalue weighted by molar-refractivity contribution is -0.137. The molecule has 0 N–H and O–H groups in total. The molecule has 0 aliphatic carbocycles. The average Bonchev–Trinajstić information content (AvgIpc) is 2.41. The summed E-state index contributed by atoms with van der Waals surface area (Å²) in [5.74, 6) is 0. The zero-order chi connectivity index (χ0) is 14.3. The minimum atomic E-state index is -0.352. The first-order valence-corrected chi connectivity index (χ1v) is 7.83. The van der Waals surface area contributed by atoms with Crippen LogP contribution in [0.2, 0.25) is 0 Å². The van der Waals surface area contributed by atoms with Gasteiger partial charge in [0.2, 0.25) is 0 Å². The van der Waals surface area contributed by atoms with Crippen molar-refractivity contribution < 1.29 is 14.4 Å². The number of hydrogen-bond donors (Lipinski definition) is 0. The van der Waals surface area contributed by atoms with E-state index in [1.54, 1.807) is 0 Å². The maximum atomic E-state index is 11.7. The topological polar surface area (TPSA) is 38.8 Å².